The maximum atomic E-state index is 12.8. The summed E-state index contributed by atoms with van der Waals surface area (Å²) in [6, 6.07) is 1.96. The van der Waals surface area contributed by atoms with Gasteiger partial charge in [0.25, 0.3) is 0 Å². The first-order valence-electron chi connectivity index (χ1n) is 5.09. The number of rotatable bonds is 2. The first-order valence-corrected chi connectivity index (χ1v) is 5.09. The van der Waals surface area contributed by atoms with Crippen LogP contribution in [0.2, 0.25) is 0 Å². The van der Waals surface area contributed by atoms with Gasteiger partial charge in [0.2, 0.25) is 0 Å². The van der Waals surface area contributed by atoms with Crippen LogP contribution < -0.4 is 5.32 Å². The van der Waals surface area contributed by atoms with Crippen molar-refractivity contribution >= 4 is 0 Å². The summed E-state index contributed by atoms with van der Waals surface area (Å²) in [6.45, 7) is 5.31. The number of hydrogen-bond donors (Lipinski definition) is 1. The zero-order valence-electron chi connectivity index (χ0n) is 9.87. The van der Waals surface area contributed by atoms with Gasteiger partial charge in [-0.05, 0) is 44.5 Å². The van der Waals surface area contributed by atoms with Crippen molar-refractivity contribution in [2.75, 3.05) is 7.05 Å². The lowest BCUT2D eigenvalue weighted by molar-refractivity contribution is -0.156. The molecule has 0 bridgehead atoms. The average molecular weight is 231 g/mol. The molecule has 1 aromatic carbocycles. The SMILES string of the molecule is CNC(c1c(C)cc(C)cc1C)C(F)(F)F. The van der Waals surface area contributed by atoms with Crippen LogP contribution >= 0.6 is 0 Å². The van der Waals surface area contributed by atoms with E-state index >= 15 is 0 Å². The van der Waals surface area contributed by atoms with Crippen LogP contribution in [0.3, 0.4) is 0 Å². The van der Waals surface area contributed by atoms with Crippen LogP contribution in [0, 0.1) is 20.8 Å². The van der Waals surface area contributed by atoms with Gasteiger partial charge in [0.05, 0.1) is 0 Å². The number of alkyl halides is 3. The summed E-state index contributed by atoms with van der Waals surface area (Å²) in [6.07, 6.45) is -4.26. The zero-order valence-corrected chi connectivity index (χ0v) is 9.87. The normalized spacial score (nSPS) is 13.9. The van der Waals surface area contributed by atoms with Crippen molar-refractivity contribution in [3.05, 3.63) is 34.4 Å². The lowest BCUT2D eigenvalue weighted by Gasteiger charge is -2.24. The van der Waals surface area contributed by atoms with Crippen molar-refractivity contribution in [2.24, 2.45) is 0 Å². The molecule has 4 heteroatoms. The molecule has 0 spiro atoms. The monoisotopic (exact) mass is 231 g/mol. The summed E-state index contributed by atoms with van der Waals surface area (Å²) in [5.41, 5.74) is 2.67. The van der Waals surface area contributed by atoms with Crippen molar-refractivity contribution < 1.29 is 13.2 Å². The second-order valence-electron chi connectivity index (χ2n) is 4.08. The van der Waals surface area contributed by atoms with Crippen LogP contribution in [-0.4, -0.2) is 13.2 Å². The van der Waals surface area contributed by atoms with Crippen molar-refractivity contribution in [1.82, 2.24) is 5.32 Å². The Balaban J connectivity index is 3.31. The molecule has 0 aromatic heterocycles. The Morgan fingerprint density at radius 2 is 1.50 bits per heavy atom. The molecule has 1 N–H and O–H groups in total. The van der Waals surface area contributed by atoms with Crippen LogP contribution in [0.1, 0.15) is 28.3 Å². The van der Waals surface area contributed by atoms with E-state index < -0.39 is 12.2 Å². The van der Waals surface area contributed by atoms with E-state index in [9.17, 15) is 13.2 Å². The lowest BCUT2D eigenvalue weighted by atomic mass is 9.94. The maximum Gasteiger partial charge on any atom is 0.407 e. The second kappa shape index (κ2) is 4.45. The van der Waals surface area contributed by atoms with Gasteiger partial charge in [-0.1, -0.05) is 17.7 Å². The van der Waals surface area contributed by atoms with E-state index in [0.717, 1.165) is 5.56 Å². The van der Waals surface area contributed by atoms with Gasteiger partial charge in [0, 0.05) is 0 Å². The largest absolute Gasteiger partial charge is 0.407 e. The molecule has 0 amide bonds. The summed E-state index contributed by atoms with van der Waals surface area (Å²) in [5.74, 6) is 0. The Hall–Kier alpha value is -1.03. The molecule has 0 heterocycles. The van der Waals surface area contributed by atoms with Gasteiger partial charge in [-0.25, -0.2) is 0 Å². The van der Waals surface area contributed by atoms with Gasteiger partial charge < -0.3 is 5.32 Å². The minimum absolute atomic E-state index is 0.334. The third kappa shape index (κ3) is 2.55. The third-order valence-electron chi connectivity index (χ3n) is 2.64. The molecule has 1 aromatic rings. The predicted molar refractivity (Wildman–Crippen MR) is 58.5 cm³/mol. The van der Waals surface area contributed by atoms with Crippen molar-refractivity contribution in [1.29, 1.82) is 0 Å². The lowest BCUT2D eigenvalue weighted by Crippen LogP contribution is -2.32. The number of benzene rings is 1. The van der Waals surface area contributed by atoms with E-state index in [0.29, 0.717) is 16.7 Å². The maximum absolute atomic E-state index is 12.8. The quantitative estimate of drug-likeness (QED) is 0.822. The molecule has 0 aliphatic heterocycles. The van der Waals surface area contributed by atoms with E-state index in [1.165, 1.54) is 7.05 Å². The fraction of sp³-hybridized carbons (Fsp3) is 0.500. The van der Waals surface area contributed by atoms with E-state index in [2.05, 4.69) is 5.32 Å². The van der Waals surface area contributed by atoms with Crippen molar-refractivity contribution in [3.8, 4) is 0 Å². The molecule has 1 rings (SSSR count). The number of nitrogens with one attached hydrogen (secondary N) is 1. The molecule has 0 fully saturated rings. The Morgan fingerprint density at radius 1 is 1.06 bits per heavy atom. The van der Waals surface area contributed by atoms with E-state index in [1.54, 1.807) is 26.0 Å². The molecular formula is C12H16F3N. The Bertz CT molecular complexity index is 359. The Kier molecular flexibility index (Phi) is 3.63. The highest BCUT2D eigenvalue weighted by Crippen LogP contribution is 2.35. The van der Waals surface area contributed by atoms with E-state index in [4.69, 9.17) is 0 Å². The summed E-state index contributed by atoms with van der Waals surface area (Å²) in [4.78, 5) is 0. The molecule has 0 saturated heterocycles. The fourth-order valence-corrected chi connectivity index (χ4v) is 2.12. The highest BCUT2D eigenvalue weighted by atomic mass is 19.4. The summed E-state index contributed by atoms with van der Waals surface area (Å²) in [5, 5.41) is 2.33. The van der Waals surface area contributed by atoms with Crippen molar-refractivity contribution in [2.45, 2.75) is 33.0 Å². The van der Waals surface area contributed by atoms with Gasteiger partial charge in [0.15, 0.2) is 0 Å². The first-order chi connectivity index (χ1) is 7.27. The zero-order chi connectivity index (χ0) is 12.5. The molecule has 1 nitrogen and oxygen atoms in total. The topological polar surface area (TPSA) is 12.0 Å². The molecule has 0 radical (unpaired) electrons. The fourth-order valence-electron chi connectivity index (χ4n) is 2.12. The highest BCUT2D eigenvalue weighted by Gasteiger charge is 2.41. The number of aryl methyl sites for hydroxylation is 3. The van der Waals surface area contributed by atoms with Crippen LogP contribution in [0.15, 0.2) is 12.1 Å². The van der Waals surface area contributed by atoms with Gasteiger partial charge in [-0.3, -0.25) is 0 Å². The molecule has 1 unspecified atom stereocenters. The minimum atomic E-state index is -4.26. The molecule has 90 valence electrons. The molecule has 0 aliphatic rings. The number of hydrogen-bond acceptors (Lipinski definition) is 1. The van der Waals surface area contributed by atoms with Crippen LogP contribution in [-0.2, 0) is 0 Å². The van der Waals surface area contributed by atoms with Crippen LogP contribution in [0.5, 0.6) is 0 Å². The molecular weight excluding hydrogens is 215 g/mol. The second-order valence-corrected chi connectivity index (χ2v) is 4.08. The number of halogens is 3. The Labute approximate surface area is 93.7 Å². The molecule has 1 atom stereocenters. The van der Waals surface area contributed by atoms with E-state index in [-0.39, 0.29) is 0 Å². The van der Waals surface area contributed by atoms with E-state index in [1.807, 2.05) is 6.92 Å². The van der Waals surface area contributed by atoms with Crippen LogP contribution in [0.25, 0.3) is 0 Å². The minimum Gasteiger partial charge on any atom is -0.306 e. The van der Waals surface area contributed by atoms with Gasteiger partial charge in [0.1, 0.15) is 6.04 Å². The predicted octanol–water partition coefficient (Wildman–Crippen LogP) is 3.43. The average Bonchev–Trinajstić information content (AvgIpc) is 2.08. The summed E-state index contributed by atoms with van der Waals surface area (Å²) >= 11 is 0. The molecule has 0 saturated carbocycles. The first kappa shape index (κ1) is 13.0. The third-order valence-corrected chi connectivity index (χ3v) is 2.64. The van der Waals surface area contributed by atoms with Crippen LogP contribution in [0.4, 0.5) is 13.2 Å². The smallest absolute Gasteiger partial charge is 0.306 e. The summed E-state index contributed by atoms with van der Waals surface area (Å²) in [7, 11) is 1.33. The standard InChI is InChI=1S/C12H16F3N/c1-7-5-8(2)10(9(3)6-7)11(16-4)12(13,14)15/h5-6,11,16H,1-4H3. The van der Waals surface area contributed by atoms with Gasteiger partial charge >= 0.3 is 6.18 Å². The molecule has 16 heavy (non-hydrogen) atoms. The summed E-state index contributed by atoms with van der Waals surface area (Å²) < 4.78 is 38.4. The van der Waals surface area contributed by atoms with Gasteiger partial charge in [-0.2, -0.15) is 13.2 Å². The Morgan fingerprint density at radius 3 is 1.81 bits per heavy atom. The van der Waals surface area contributed by atoms with Gasteiger partial charge in [-0.15, -0.1) is 0 Å². The molecule has 0 aliphatic carbocycles. The van der Waals surface area contributed by atoms with Crippen molar-refractivity contribution in [3.63, 3.8) is 0 Å². The highest BCUT2D eigenvalue weighted by molar-refractivity contribution is 5.40.